The Balaban J connectivity index is 1.39. The van der Waals surface area contributed by atoms with E-state index in [2.05, 4.69) is 61.6 Å². The van der Waals surface area contributed by atoms with E-state index in [0.29, 0.717) is 11.9 Å². The molecule has 4 aromatic rings. The van der Waals surface area contributed by atoms with Gasteiger partial charge in [-0.2, -0.15) is 0 Å². The molecule has 1 aliphatic heterocycles. The van der Waals surface area contributed by atoms with E-state index in [1.54, 1.807) is 18.6 Å². The van der Waals surface area contributed by atoms with E-state index in [0.717, 1.165) is 36.5 Å². The number of hydrogen-bond acceptors (Lipinski definition) is 6. The lowest BCUT2D eigenvalue weighted by Crippen LogP contribution is -2.23. The molecule has 1 aliphatic rings. The summed E-state index contributed by atoms with van der Waals surface area (Å²) in [5.74, 6) is 1.49. The Morgan fingerprint density at radius 3 is 2.83 bits per heavy atom. The Bertz CT molecular complexity index is 1110. The van der Waals surface area contributed by atoms with Crippen LogP contribution in [0.3, 0.4) is 0 Å². The zero-order valence-corrected chi connectivity index (χ0v) is 16.1. The summed E-state index contributed by atoms with van der Waals surface area (Å²) in [6, 6.07) is 17.0. The summed E-state index contributed by atoms with van der Waals surface area (Å²) in [4.78, 5) is 20.3. The van der Waals surface area contributed by atoms with Gasteiger partial charge in [-0.15, -0.1) is 0 Å². The zero-order valence-electron chi connectivity index (χ0n) is 16.1. The van der Waals surface area contributed by atoms with Crippen molar-refractivity contribution in [3.63, 3.8) is 0 Å². The molecule has 5 rings (SSSR count). The summed E-state index contributed by atoms with van der Waals surface area (Å²) in [6.07, 6.45) is 9.18. The predicted octanol–water partition coefficient (Wildman–Crippen LogP) is 4.50. The quantitative estimate of drug-likeness (QED) is 0.548. The number of nitrogens with zero attached hydrogens (tertiary/aromatic N) is 5. The molecular formula is C23H22N6. The molecule has 29 heavy (non-hydrogen) atoms. The predicted molar refractivity (Wildman–Crippen MR) is 114 cm³/mol. The van der Waals surface area contributed by atoms with Crippen LogP contribution < -0.4 is 5.32 Å². The molecule has 0 radical (unpaired) electrons. The maximum absolute atomic E-state index is 4.87. The first-order valence-corrected chi connectivity index (χ1v) is 9.93. The second-order valence-corrected chi connectivity index (χ2v) is 7.28. The molecule has 6 heteroatoms. The number of rotatable bonds is 5. The molecule has 144 valence electrons. The van der Waals surface area contributed by atoms with Gasteiger partial charge in [0.25, 0.3) is 0 Å². The van der Waals surface area contributed by atoms with Gasteiger partial charge in [-0.1, -0.05) is 24.3 Å². The third kappa shape index (κ3) is 3.79. The van der Waals surface area contributed by atoms with Gasteiger partial charge in [0.1, 0.15) is 11.6 Å². The molecule has 6 nitrogen and oxygen atoms in total. The lowest BCUT2D eigenvalue weighted by molar-refractivity contribution is 0.245. The maximum Gasteiger partial charge on any atom is 0.150 e. The van der Waals surface area contributed by atoms with Gasteiger partial charge in [0.2, 0.25) is 0 Å². The molecule has 0 aliphatic carbocycles. The molecule has 0 unspecified atom stereocenters. The number of likely N-dealkylation sites (tertiary alicyclic amines) is 1. The fourth-order valence-electron chi connectivity index (χ4n) is 4.08. The van der Waals surface area contributed by atoms with Crippen LogP contribution in [0.5, 0.6) is 0 Å². The molecule has 0 amide bonds. The minimum atomic E-state index is 0.311. The maximum atomic E-state index is 4.87. The van der Waals surface area contributed by atoms with Crippen LogP contribution in [0.15, 0.2) is 73.3 Å². The van der Waals surface area contributed by atoms with E-state index in [4.69, 9.17) is 4.98 Å². The van der Waals surface area contributed by atoms with Crippen LogP contribution in [0.1, 0.15) is 30.1 Å². The number of hydrogen-bond donors (Lipinski definition) is 1. The summed E-state index contributed by atoms with van der Waals surface area (Å²) in [7, 11) is 0. The van der Waals surface area contributed by atoms with Crippen molar-refractivity contribution in [1.82, 2.24) is 24.8 Å². The van der Waals surface area contributed by atoms with Gasteiger partial charge in [0.05, 0.1) is 23.4 Å². The standard InChI is InChI=1S/C23H22N6/c1-5-17(18-6-3-11-25-19(18)7-1)16-29-14-4-9-21(29)20-8-2-10-22(27-20)28-23-15-24-12-13-26-23/h1-3,5-8,10-13,15,21H,4,9,14,16H2,(H,26,27,28)/t21-/m0/s1. The number of pyridine rings is 2. The molecule has 0 bridgehead atoms. The highest BCUT2D eigenvalue weighted by Gasteiger charge is 2.27. The van der Waals surface area contributed by atoms with Crippen LogP contribution in [-0.4, -0.2) is 31.4 Å². The topological polar surface area (TPSA) is 66.8 Å². The highest BCUT2D eigenvalue weighted by Crippen LogP contribution is 2.33. The van der Waals surface area contributed by atoms with E-state index < -0.39 is 0 Å². The zero-order chi connectivity index (χ0) is 19.5. The van der Waals surface area contributed by atoms with Gasteiger partial charge in [-0.3, -0.25) is 14.9 Å². The van der Waals surface area contributed by atoms with Gasteiger partial charge < -0.3 is 5.32 Å². The van der Waals surface area contributed by atoms with Crippen molar-refractivity contribution >= 4 is 22.5 Å². The van der Waals surface area contributed by atoms with Crippen LogP contribution in [0.4, 0.5) is 11.6 Å². The summed E-state index contributed by atoms with van der Waals surface area (Å²) >= 11 is 0. The molecule has 4 heterocycles. The Labute approximate surface area is 169 Å². The van der Waals surface area contributed by atoms with Gasteiger partial charge in [0.15, 0.2) is 0 Å². The molecule has 1 fully saturated rings. The highest BCUT2D eigenvalue weighted by atomic mass is 15.2. The van der Waals surface area contributed by atoms with E-state index in [-0.39, 0.29) is 0 Å². The molecule has 1 atom stereocenters. The van der Waals surface area contributed by atoms with Crippen molar-refractivity contribution in [2.45, 2.75) is 25.4 Å². The second kappa shape index (κ2) is 7.93. The molecule has 1 saturated heterocycles. The first-order chi connectivity index (χ1) is 14.4. The SMILES string of the molecule is c1cc(Nc2cnccn2)nc([C@@H]2CCCN2Cc2cccc3ncccc23)c1. The summed E-state index contributed by atoms with van der Waals surface area (Å²) in [6.45, 7) is 1.97. The fraction of sp³-hybridized carbons (Fsp3) is 0.217. The minimum absolute atomic E-state index is 0.311. The Morgan fingerprint density at radius 2 is 1.90 bits per heavy atom. The van der Waals surface area contributed by atoms with Crippen LogP contribution in [0.25, 0.3) is 10.9 Å². The summed E-state index contributed by atoms with van der Waals surface area (Å²) in [5, 5.41) is 4.47. The average molecular weight is 382 g/mol. The first-order valence-electron chi connectivity index (χ1n) is 9.93. The molecule has 0 spiro atoms. The van der Waals surface area contributed by atoms with Gasteiger partial charge in [-0.05, 0) is 49.2 Å². The third-order valence-electron chi connectivity index (χ3n) is 5.40. The molecule has 0 saturated carbocycles. The number of anilines is 2. The Kier molecular flexibility index (Phi) is 4.84. The van der Waals surface area contributed by atoms with Crippen LogP contribution in [0, 0.1) is 0 Å². The van der Waals surface area contributed by atoms with Crippen molar-refractivity contribution in [2.75, 3.05) is 11.9 Å². The lowest BCUT2D eigenvalue weighted by atomic mass is 10.1. The smallest absolute Gasteiger partial charge is 0.150 e. The fourth-order valence-corrected chi connectivity index (χ4v) is 4.08. The van der Waals surface area contributed by atoms with Crippen LogP contribution in [0.2, 0.25) is 0 Å². The highest BCUT2D eigenvalue weighted by molar-refractivity contribution is 5.81. The van der Waals surface area contributed by atoms with Crippen molar-refractivity contribution in [2.24, 2.45) is 0 Å². The van der Waals surface area contributed by atoms with Crippen molar-refractivity contribution < 1.29 is 0 Å². The van der Waals surface area contributed by atoms with E-state index in [9.17, 15) is 0 Å². The number of benzene rings is 1. The van der Waals surface area contributed by atoms with E-state index >= 15 is 0 Å². The summed E-state index contributed by atoms with van der Waals surface area (Å²) < 4.78 is 0. The first kappa shape index (κ1) is 17.7. The second-order valence-electron chi connectivity index (χ2n) is 7.28. The molecule has 1 N–H and O–H groups in total. The normalized spacial score (nSPS) is 16.9. The summed E-state index contributed by atoms with van der Waals surface area (Å²) in [5.41, 5.74) is 3.46. The molecule has 1 aromatic carbocycles. The van der Waals surface area contributed by atoms with E-state index in [1.165, 1.54) is 17.4 Å². The van der Waals surface area contributed by atoms with E-state index in [1.807, 2.05) is 18.3 Å². The van der Waals surface area contributed by atoms with Gasteiger partial charge >= 0.3 is 0 Å². The molecular weight excluding hydrogens is 360 g/mol. The number of aromatic nitrogens is 4. The van der Waals surface area contributed by atoms with Crippen molar-refractivity contribution in [3.8, 4) is 0 Å². The average Bonchev–Trinajstić information content (AvgIpc) is 3.23. The largest absolute Gasteiger partial charge is 0.324 e. The van der Waals surface area contributed by atoms with Gasteiger partial charge in [0, 0.05) is 30.5 Å². The van der Waals surface area contributed by atoms with Crippen molar-refractivity contribution in [3.05, 3.63) is 84.6 Å². The Hall–Kier alpha value is -3.38. The van der Waals surface area contributed by atoms with Crippen molar-refractivity contribution in [1.29, 1.82) is 0 Å². The third-order valence-corrected chi connectivity index (χ3v) is 5.40. The number of nitrogens with one attached hydrogen (secondary N) is 1. The van der Waals surface area contributed by atoms with Gasteiger partial charge in [-0.25, -0.2) is 9.97 Å². The monoisotopic (exact) mass is 382 g/mol. The minimum Gasteiger partial charge on any atom is -0.324 e. The lowest BCUT2D eigenvalue weighted by Gasteiger charge is -2.25. The van der Waals surface area contributed by atoms with Crippen LogP contribution >= 0.6 is 0 Å². The molecule has 3 aromatic heterocycles. The number of fused-ring (bicyclic) bond motifs is 1. The van der Waals surface area contributed by atoms with Crippen LogP contribution in [-0.2, 0) is 6.54 Å². The Morgan fingerprint density at radius 1 is 0.931 bits per heavy atom.